The Bertz CT molecular complexity index is 269. The maximum Gasteiger partial charge on any atom is 0.348 e. The number of rotatable bonds is 2. The third kappa shape index (κ3) is 1.34. The summed E-state index contributed by atoms with van der Waals surface area (Å²) in [5.74, 6) is -4.53. The summed E-state index contributed by atoms with van der Waals surface area (Å²) >= 11 is 0. The average molecular weight is 183 g/mol. The summed E-state index contributed by atoms with van der Waals surface area (Å²) in [4.78, 5) is 5.01. The molecule has 3 nitrogen and oxygen atoms in total. The lowest BCUT2D eigenvalue weighted by Crippen LogP contribution is -2.23. The highest BCUT2D eigenvalue weighted by Gasteiger charge is 2.44. The minimum absolute atomic E-state index is 0.315. The van der Waals surface area contributed by atoms with E-state index in [1.165, 1.54) is 0 Å². The Labute approximate surface area is 64.6 Å². The summed E-state index contributed by atoms with van der Waals surface area (Å²) < 4.78 is 48.2. The van der Waals surface area contributed by atoms with Gasteiger partial charge < -0.3 is 10.7 Å². The van der Waals surface area contributed by atoms with E-state index in [9.17, 15) is 17.6 Å². The van der Waals surface area contributed by atoms with Crippen LogP contribution in [0.15, 0.2) is 6.20 Å². The maximum atomic E-state index is 12.4. The summed E-state index contributed by atoms with van der Waals surface area (Å²) in [5.41, 5.74) is 3.95. The van der Waals surface area contributed by atoms with Crippen LogP contribution in [0, 0.1) is 0 Å². The molecule has 0 amide bonds. The van der Waals surface area contributed by atoms with E-state index in [0.29, 0.717) is 6.20 Å². The lowest BCUT2D eigenvalue weighted by molar-refractivity contribution is -0.137. The van der Waals surface area contributed by atoms with Gasteiger partial charge in [-0.15, -0.1) is 0 Å². The van der Waals surface area contributed by atoms with Gasteiger partial charge in [-0.1, -0.05) is 0 Å². The molecule has 68 valence electrons. The molecule has 0 spiro atoms. The molecule has 7 heteroatoms. The lowest BCUT2D eigenvalue weighted by atomic mass is 10.3. The van der Waals surface area contributed by atoms with E-state index < -0.39 is 18.0 Å². The lowest BCUT2D eigenvalue weighted by Gasteiger charge is -2.11. The van der Waals surface area contributed by atoms with Crippen molar-refractivity contribution in [3.8, 4) is 0 Å². The second-order valence-corrected chi connectivity index (χ2v) is 2.11. The zero-order valence-corrected chi connectivity index (χ0v) is 5.69. The number of halogens is 4. The minimum Gasteiger partial charge on any atom is -0.369 e. The van der Waals surface area contributed by atoms with Crippen molar-refractivity contribution >= 4 is 5.95 Å². The third-order valence-electron chi connectivity index (χ3n) is 1.23. The van der Waals surface area contributed by atoms with E-state index >= 15 is 0 Å². The number of anilines is 1. The molecule has 0 saturated carbocycles. The zero-order chi connectivity index (χ0) is 9.35. The Balaban J connectivity index is 2.97. The van der Waals surface area contributed by atoms with E-state index in [-0.39, 0.29) is 5.95 Å². The van der Waals surface area contributed by atoms with Crippen LogP contribution >= 0.6 is 0 Å². The van der Waals surface area contributed by atoms with Crippen LogP contribution in [0.2, 0.25) is 0 Å². The van der Waals surface area contributed by atoms with Crippen molar-refractivity contribution in [3.05, 3.63) is 11.9 Å². The number of aromatic nitrogens is 2. The Hall–Kier alpha value is -1.27. The van der Waals surface area contributed by atoms with Crippen molar-refractivity contribution < 1.29 is 17.6 Å². The van der Waals surface area contributed by atoms with Crippen molar-refractivity contribution in [1.82, 2.24) is 9.97 Å². The second-order valence-electron chi connectivity index (χ2n) is 2.11. The number of H-pyrrole nitrogens is 1. The van der Waals surface area contributed by atoms with Gasteiger partial charge in [0.05, 0.1) is 6.20 Å². The van der Waals surface area contributed by atoms with Gasteiger partial charge in [0, 0.05) is 0 Å². The first-order valence-electron chi connectivity index (χ1n) is 2.91. The molecule has 1 aromatic rings. The SMILES string of the molecule is Nc1ncc(C(F)(F)C(F)F)[nH]1. The number of imidazole rings is 1. The monoisotopic (exact) mass is 183 g/mol. The van der Waals surface area contributed by atoms with Crippen LogP contribution in [-0.2, 0) is 5.92 Å². The molecule has 0 aliphatic rings. The van der Waals surface area contributed by atoms with E-state index in [1.54, 1.807) is 0 Å². The Morgan fingerprint density at radius 1 is 1.50 bits per heavy atom. The van der Waals surface area contributed by atoms with Crippen LogP contribution in [0.1, 0.15) is 5.69 Å². The van der Waals surface area contributed by atoms with E-state index in [0.717, 1.165) is 0 Å². The second kappa shape index (κ2) is 2.65. The molecule has 0 atom stereocenters. The fourth-order valence-electron chi connectivity index (χ4n) is 0.624. The van der Waals surface area contributed by atoms with Crippen LogP contribution in [0.4, 0.5) is 23.5 Å². The smallest absolute Gasteiger partial charge is 0.348 e. The van der Waals surface area contributed by atoms with Crippen molar-refractivity contribution in [2.45, 2.75) is 12.3 Å². The fraction of sp³-hybridized carbons (Fsp3) is 0.400. The van der Waals surface area contributed by atoms with Gasteiger partial charge >= 0.3 is 12.3 Å². The molecular weight excluding hydrogens is 178 g/mol. The van der Waals surface area contributed by atoms with Crippen LogP contribution in [0.5, 0.6) is 0 Å². The largest absolute Gasteiger partial charge is 0.369 e. The molecule has 0 radical (unpaired) electrons. The molecule has 0 aliphatic carbocycles. The molecule has 0 bridgehead atoms. The highest BCUT2D eigenvalue weighted by Crippen LogP contribution is 2.33. The highest BCUT2D eigenvalue weighted by molar-refractivity contribution is 5.21. The van der Waals surface area contributed by atoms with Crippen LogP contribution in [0.3, 0.4) is 0 Å². The minimum atomic E-state index is -4.22. The molecule has 1 rings (SSSR count). The molecule has 0 aromatic carbocycles. The summed E-state index contributed by atoms with van der Waals surface area (Å²) in [5, 5.41) is 0. The molecule has 0 unspecified atom stereocenters. The normalized spacial score (nSPS) is 12.4. The van der Waals surface area contributed by atoms with Crippen LogP contribution in [-0.4, -0.2) is 16.4 Å². The Kier molecular flexibility index (Phi) is 1.95. The number of nitrogens with two attached hydrogens (primary N) is 1. The summed E-state index contributed by atoms with van der Waals surface area (Å²) in [7, 11) is 0. The molecule has 1 heterocycles. The van der Waals surface area contributed by atoms with E-state index in [4.69, 9.17) is 5.73 Å². The van der Waals surface area contributed by atoms with Crippen LogP contribution in [0.25, 0.3) is 0 Å². The van der Waals surface area contributed by atoms with Crippen molar-refractivity contribution in [2.75, 3.05) is 5.73 Å². The predicted molar refractivity (Wildman–Crippen MR) is 32.9 cm³/mol. The standard InChI is InChI=1S/C5H5F4N3/c6-3(7)5(8,9)2-1-11-4(10)12-2/h1,3H,(H3,10,11,12). The van der Waals surface area contributed by atoms with Gasteiger partial charge in [0.1, 0.15) is 5.69 Å². The fourth-order valence-corrected chi connectivity index (χ4v) is 0.624. The molecule has 0 aliphatic heterocycles. The molecule has 3 N–H and O–H groups in total. The molecule has 0 fully saturated rings. The summed E-state index contributed by atoms with van der Waals surface area (Å²) in [6.45, 7) is 0. The van der Waals surface area contributed by atoms with Gasteiger partial charge in [0.25, 0.3) is 0 Å². The molecule has 0 saturated heterocycles. The highest BCUT2D eigenvalue weighted by atomic mass is 19.3. The quantitative estimate of drug-likeness (QED) is 0.680. The number of nitrogens with one attached hydrogen (secondary N) is 1. The third-order valence-corrected chi connectivity index (χ3v) is 1.23. The number of alkyl halides is 4. The Morgan fingerprint density at radius 3 is 2.42 bits per heavy atom. The summed E-state index contributed by atoms with van der Waals surface area (Å²) in [6.07, 6.45) is -3.18. The number of hydrogen-bond acceptors (Lipinski definition) is 2. The topological polar surface area (TPSA) is 54.7 Å². The van der Waals surface area contributed by atoms with Crippen molar-refractivity contribution in [1.29, 1.82) is 0 Å². The predicted octanol–water partition coefficient (Wildman–Crippen LogP) is 1.35. The van der Waals surface area contributed by atoms with Crippen molar-refractivity contribution in [3.63, 3.8) is 0 Å². The van der Waals surface area contributed by atoms with E-state index in [2.05, 4.69) is 4.98 Å². The summed E-state index contributed by atoms with van der Waals surface area (Å²) in [6, 6.07) is 0. The zero-order valence-electron chi connectivity index (χ0n) is 5.69. The average Bonchev–Trinajstić information content (AvgIpc) is 2.35. The van der Waals surface area contributed by atoms with E-state index in [1.807, 2.05) is 4.98 Å². The first-order valence-corrected chi connectivity index (χ1v) is 2.91. The number of nitrogens with zero attached hydrogens (tertiary/aromatic N) is 1. The first-order chi connectivity index (χ1) is 5.44. The molecule has 1 aromatic heterocycles. The van der Waals surface area contributed by atoms with Gasteiger partial charge in [-0.05, 0) is 0 Å². The van der Waals surface area contributed by atoms with Gasteiger partial charge in [0.15, 0.2) is 5.95 Å². The van der Waals surface area contributed by atoms with Gasteiger partial charge in [-0.3, -0.25) is 0 Å². The maximum absolute atomic E-state index is 12.4. The number of aromatic amines is 1. The van der Waals surface area contributed by atoms with Gasteiger partial charge in [-0.25, -0.2) is 13.8 Å². The first kappa shape index (κ1) is 8.82. The van der Waals surface area contributed by atoms with Gasteiger partial charge in [-0.2, -0.15) is 8.78 Å². The van der Waals surface area contributed by atoms with Crippen LogP contribution < -0.4 is 5.73 Å². The molecule has 12 heavy (non-hydrogen) atoms. The Morgan fingerprint density at radius 2 is 2.08 bits per heavy atom. The molecular formula is C5H5F4N3. The number of hydrogen-bond donors (Lipinski definition) is 2. The number of nitrogen functional groups attached to an aromatic ring is 1. The van der Waals surface area contributed by atoms with Crippen molar-refractivity contribution in [2.24, 2.45) is 0 Å². The van der Waals surface area contributed by atoms with Gasteiger partial charge in [0.2, 0.25) is 0 Å².